The molecule has 0 aliphatic carbocycles. The number of nitrogens with one attached hydrogen (secondary N) is 1. The van der Waals surface area contributed by atoms with E-state index in [2.05, 4.69) is 9.97 Å². The van der Waals surface area contributed by atoms with E-state index in [1.54, 1.807) is 13.3 Å². The third kappa shape index (κ3) is 2.26. The van der Waals surface area contributed by atoms with Crippen LogP contribution in [0, 0.1) is 0 Å². The second-order valence-electron chi connectivity index (χ2n) is 3.05. The van der Waals surface area contributed by atoms with Gasteiger partial charge in [0.15, 0.2) is 0 Å². The fourth-order valence-corrected chi connectivity index (χ4v) is 1.32. The molecule has 2 rings (SSSR count). The number of hydrogen-bond donors (Lipinski definition) is 1. The molecule has 0 saturated carbocycles. The van der Waals surface area contributed by atoms with Crippen LogP contribution in [0.2, 0.25) is 0 Å². The van der Waals surface area contributed by atoms with E-state index in [0.29, 0.717) is 0 Å². The smallest absolute Gasteiger partial charge is 0.144 e. The largest absolute Gasteiger partial charge is 0.494 e. The van der Waals surface area contributed by atoms with E-state index >= 15 is 0 Å². The van der Waals surface area contributed by atoms with Gasteiger partial charge in [-0.1, -0.05) is 0 Å². The highest BCUT2D eigenvalue weighted by Gasteiger charge is 1.97. The standard InChI is InChI=1S/C12H12N2O/c1-15-12-5-3-9-14-11(12)7-6-10-4-2-8-13-10/h2-9,13H,1H3/b7-6+. The van der Waals surface area contributed by atoms with Crippen LogP contribution in [-0.2, 0) is 0 Å². The summed E-state index contributed by atoms with van der Waals surface area (Å²) in [4.78, 5) is 7.31. The number of nitrogens with zero attached hydrogens (tertiary/aromatic N) is 1. The third-order valence-corrected chi connectivity index (χ3v) is 2.06. The molecule has 1 N–H and O–H groups in total. The number of pyridine rings is 1. The van der Waals surface area contributed by atoms with Crippen molar-refractivity contribution in [2.45, 2.75) is 0 Å². The van der Waals surface area contributed by atoms with Crippen molar-refractivity contribution in [1.82, 2.24) is 9.97 Å². The van der Waals surface area contributed by atoms with E-state index in [1.165, 1.54) is 0 Å². The Kier molecular flexibility index (Phi) is 2.83. The Morgan fingerprint density at radius 2 is 2.20 bits per heavy atom. The summed E-state index contributed by atoms with van der Waals surface area (Å²) in [5.74, 6) is 0.778. The van der Waals surface area contributed by atoms with Crippen LogP contribution in [0.1, 0.15) is 11.4 Å². The van der Waals surface area contributed by atoms with Gasteiger partial charge in [-0.2, -0.15) is 0 Å². The summed E-state index contributed by atoms with van der Waals surface area (Å²) in [6, 6.07) is 7.69. The molecule has 0 saturated heterocycles. The Morgan fingerprint density at radius 3 is 2.93 bits per heavy atom. The number of rotatable bonds is 3. The maximum atomic E-state index is 5.19. The lowest BCUT2D eigenvalue weighted by molar-refractivity contribution is 0.412. The molecule has 0 radical (unpaired) electrons. The minimum Gasteiger partial charge on any atom is -0.494 e. The zero-order valence-electron chi connectivity index (χ0n) is 8.47. The first-order valence-corrected chi connectivity index (χ1v) is 4.70. The lowest BCUT2D eigenvalue weighted by atomic mass is 10.3. The summed E-state index contributed by atoms with van der Waals surface area (Å²) in [5.41, 5.74) is 1.87. The van der Waals surface area contributed by atoms with Crippen LogP contribution in [-0.4, -0.2) is 17.1 Å². The van der Waals surface area contributed by atoms with Gasteiger partial charge in [-0.3, -0.25) is 4.98 Å². The summed E-state index contributed by atoms with van der Waals surface area (Å²) < 4.78 is 5.19. The van der Waals surface area contributed by atoms with Crippen LogP contribution in [0.5, 0.6) is 5.75 Å². The van der Waals surface area contributed by atoms with Crippen LogP contribution in [0.15, 0.2) is 36.7 Å². The van der Waals surface area contributed by atoms with E-state index in [0.717, 1.165) is 17.1 Å². The molecule has 0 unspecified atom stereocenters. The molecule has 2 aromatic heterocycles. The molecule has 3 nitrogen and oxygen atoms in total. The molecule has 0 bridgehead atoms. The number of ether oxygens (including phenoxy) is 1. The first kappa shape index (κ1) is 9.52. The summed E-state index contributed by atoms with van der Waals surface area (Å²) >= 11 is 0. The molecule has 0 amide bonds. The predicted molar refractivity (Wildman–Crippen MR) is 60.5 cm³/mol. The Labute approximate surface area is 88.4 Å². The summed E-state index contributed by atoms with van der Waals surface area (Å²) in [6.45, 7) is 0. The van der Waals surface area contributed by atoms with Crippen LogP contribution in [0.4, 0.5) is 0 Å². The van der Waals surface area contributed by atoms with E-state index in [4.69, 9.17) is 4.74 Å². The second kappa shape index (κ2) is 4.46. The van der Waals surface area contributed by atoms with Gasteiger partial charge in [0.05, 0.1) is 7.11 Å². The molecule has 0 fully saturated rings. The lowest BCUT2D eigenvalue weighted by Gasteiger charge is -2.01. The quantitative estimate of drug-likeness (QED) is 0.826. The number of H-pyrrole nitrogens is 1. The number of hydrogen-bond acceptors (Lipinski definition) is 2. The Hall–Kier alpha value is -2.03. The minimum absolute atomic E-state index is 0.778. The molecule has 0 aliphatic heterocycles. The van der Waals surface area contributed by atoms with E-state index in [9.17, 15) is 0 Å². The molecule has 76 valence electrons. The minimum atomic E-state index is 0.778. The van der Waals surface area contributed by atoms with E-state index in [-0.39, 0.29) is 0 Å². The van der Waals surface area contributed by atoms with Crippen LogP contribution in [0.25, 0.3) is 12.2 Å². The number of aromatic amines is 1. The van der Waals surface area contributed by atoms with Crippen LogP contribution < -0.4 is 4.74 Å². The molecule has 15 heavy (non-hydrogen) atoms. The van der Waals surface area contributed by atoms with Crippen molar-refractivity contribution < 1.29 is 4.74 Å². The van der Waals surface area contributed by atoms with Crippen molar-refractivity contribution in [2.24, 2.45) is 0 Å². The van der Waals surface area contributed by atoms with Gasteiger partial charge in [-0.15, -0.1) is 0 Å². The first-order chi connectivity index (χ1) is 7.40. The Bertz CT molecular complexity index is 446. The monoisotopic (exact) mass is 200 g/mol. The molecule has 2 aromatic rings. The Balaban J connectivity index is 2.24. The maximum Gasteiger partial charge on any atom is 0.144 e. The molecule has 0 spiro atoms. The Morgan fingerprint density at radius 1 is 1.27 bits per heavy atom. The zero-order valence-corrected chi connectivity index (χ0v) is 8.47. The van der Waals surface area contributed by atoms with E-state index < -0.39 is 0 Å². The van der Waals surface area contributed by atoms with Crippen LogP contribution in [0.3, 0.4) is 0 Å². The first-order valence-electron chi connectivity index (χ1n) is 4.70. The fraction of sp³-hybridized carbons (Fsp3) is 0.0833. The second-order valence-corrected chi connectivity index (χ2v) is 3.05. The normalized spacial score (nSPS) is 10.7. The topological polar surface area (TPSA) is 37.9 Å². The predicted octanol–water partition coefficient (Wildman–Crippen LogP) is 2.59. The summed E-state index contributed by atoms with van der Waals surface area (Å²) in [5, 5.41) is 0. The maximum absolute atomic E-state index is 5.19. The number of aromatic nitrogens is 2. The molecular formula is C12H12N2O. The van der Waals surface area contributed by atoms with Gasteiger partial charge >= 0.3 is 0 Å². The van der Waals surface area contributed by atoms with Crippen LogP contribution >= 0.6 is 0 Å². The lowest BCUT2D eigenvalue weighted by Crippen LogP contribution is -1.88. The SMILES string of the molecule is COc1cccnc1/C=C/c1ccc[nH]1. The van der Waals surface area contributed by atoms with Gasteiger partial charge < -0.3 is 9.72 Å². The average molecular weight is 200 g/mol. The third-order valence-electron chi connectivity index (χ3n) is 2.06. The number of methoxy groups -OCH3 is 1. The molecule has 0 aliphatic rings. The van der Waals surface area contributed by atoms with Crippen molar-refractivity contribution in [1.29, 1.82) is 0 Å². The van der Waals surface area contributed by atoms with Gasteiger partial charge in [0, 0.05) is 18.1 Å². The van der Waals surface area contributed by atoms with Crippen molar-refractivity contribution in [3.63, 3.8) is 0 Å². The van der Waals surface area contributed by atoms with Gasteiger partial charge in [0.25, 0.3) is 0 Å². The molecule has 2 heterocycles. The van der Waals surface area contributed by atoms with Gasteiger partial charge in [0.2, 0.25) is 0 Å². The van der Waals surface area contributed by atoms with Gasteiger partial charge in [0.1, 0.15) is 11.4 Å². The van der Waals surface area contributed by atoms with Crippen molar-refractivity contribution in [2.75, 3.05) is 7.11 Å². The van der Waals surface area contributed by atoms with Crippen molar-refractivity contribution in [3.8, 4) is 5.75 Å². The summed E-state index contributed by atoms with van der Waals surface area (Å²) in [7, 11) is 1.64. The molecule has 3 heteroatoms. The van der Waals surface area contributed by atoms with Crippen molar-refractivity contribution >= 4 is 12.2 Å². The average Bonchev–Trinajstić information content (AvgIpc) is 2.79. The fourth-order valence-electron chi connectivity index (χ4n) is 1.32. The van der Waals surface area contributed by atoms with Gasteiger partial charge in [-0.05, 0) is 36.4 Å². The molecule has 0 atom stereocenters. The highest BCUT2D eigenvalue weighted by Crippen LogP contribution is 2.16. The zero-order chi connectivity index (χ0) is 10.5. The van der Waals surface area contributed by atoms with Crippen molar-refractivity contribution in [3.05, 3.63) is 48.0 Å². The summed E-state index contributed by atoms with van der Waals surface area (Å²) in [6.07, 6.45) is 7.52. The van der Waals surface area contributed by atoms with E-state index in [1.807, 2.05) is 42.6 Å². The molecular weight excluding hydrogens is 188 g/mol. The molecule has 0 aromatic carbocycles. The highest BCUT2D eigenvalue weighted by atomic mass is 16.5. The highest BCUT2D eigenvalue weighted by molar-refractivity contribution is 5.69. The van der Waals surface area contributed by atoms with Gasteiger partial charge in [-0.25, -0.2) is 0 Å².